The molecule has 0 spiro atoms. The Morgan fingerprint density at radius 3 is 2.25 bits per heavy atom. The number of nitrogens with zero attached hydrogens (tertiary/aromatic N) is 1. The smallest absolute Gasteiger partial charge is 0.443 e. The summed E-state index contributed by atoms with van der Waals surface area (Å²) in [5, 5.41) is 0.866. The van der Waals surface area contributed by atoms with Crippen LogP contribution >= 0.6 is 0 Å². The number of carbonyl (C=O) groups is 2. The van der Waals surface area contributed by atoms with Crippen LogP contribution < -0.4 is 5.73 Å². The van der Waals surface area contributed by atoms with Gasteiger partial charge in [-0.25, -0.2) is 9.59 Å². The average Bonchev–Trinajstić information content (AvgIpc) is 2.21. The molecule has 0 aromatic rings. The second-order valence-electron chi connectivity index (χ2n) is 3.96. The summed E-state index contributed by atoms with van der Waals surface area (Å²) in [6.45, 7) is 7.69. The third-order valence-corrected chi connectivity index (χ3v) is 1.90. The maximum atomic E-state index is 11.6. The van der Waals surface area contributed by atoms with Crippen LogP contribution in [0.25, 0.3) is 0 Å². The van der Waals surface area contributed by atoms with Gasteiger partial charge in [0.25, 0.3) is 0 Å². The molecular formula is C10H20N2O4. The van der Waals surface area contributed by atoms with Crippen molar-refractivity contribution in [1.82, 2.24) is 5.06 Å². The van der Waals surface area contributed by atoms with Crippen molar-refractivity contribution in [1.29, 1.82) is 0 Å². The van der Waals surface area contributed by atoms with Gasteiger partial charge in [0.15, 0.2) is 0 Å². The second kappa shape index (κ2) is 6.92. The van der Waals surface area contributed by atoms with Crippen LogP contribution in [-0.4, -0.2) is 29.9 Å². The molecule has 0 fully saturated rings. The third-order valence-electron chi connectivity index (χ3n) is 1.90. The highest BCUT2D eigenvalue weighted by Gasteiger charge is 2.24. The number of carbonyl (C=O) groups excluding carboxylic acids is 2. The number of hydrogen-bond acceptors (Lipinski definition) is 4. The molecular weight excluding hydrogens is 212 g/mol. The zero-order valence-electron chi connectivity index (χ0n) is 10.2. The van der Waals surface area contributed by atoms with Crippen molar-refractivity contribution < 1.29 is 19.2 Å². The van der Waals surface area contributed by atoms with E-state index in [1.807, 2.05) is 20.8 Å². The van der Waals surface area contributed by atoms with Crippen LogP contribution in [0.15, 0.2) is 0 Å². The lowest BCUT2D eigenvalue weighted by Crippen LogP contribution is -2.42. The zero-order valence-corrected chi connectivity index (χ0v) is 10.2. The Morgan fingerprint density at radius 1 is 1.31 bits per heavy atom. The Kier molecular flexibility index (Phi) is 6.29. The number of primary amides is 1. The summed E-state index contributed by atoms with van der Waals surface area (Å²) in [5.41, 5.74) is 4.87. The first-order valence-electron chi connectivity index (χ1n) is 5.31. The number of ether oxygens (including phenoxy) is 1. The van der Waals surface area contributed by atoms with E-state index in [9.17, 15) is 9.59 Å². The predicted molar refractivity (Wildman–Crippen MR) is 58.4 cm³/mol. The molecule has 6 heteroatoms. The lowest BCUT2D eigenvalue weighted by molar-refractivity contribution is -0.106. The van der Waals surface area contributed by atoms with E-state index in [2.05, 4.69) is 4.84 Å². The number of hydrogen-bond donors (Lipinski definition) is 1. The van der Waals surface area contributed by atoms with Gasteiger partial charge in [0.1, 0.15) is 0 Å². The van der Waals surface area contributed by atoms with Gasteiger partial charge in [-0.05, 0) is 19.3 Å². The van der Waals surface area contributed by atoms with Crippen molar-refractivity contribution in [2.24, 2.45) is 11.7 Å². The predicted octanol–water partition coefficient (Wildman–Crippen LogP) is 1.89. The molecule has 2 N–H and O–H groups in total. The van der Waals surface area contributed by atoms with Crippen molar-refractivity contribution in [3.05, 3.63) is 0 Å². The maximum absolute atomic E-state index is 11.6. The Balaban J connectivity index is 4.37. The molecule has 0 aliphatic carbocycles. The van der Waals surface area contributed by atoms with E-state index in [1.165, 1.54) is 0 Å². The molecule has 2 amide bonds. The molecule has 0 aliphatic heterocycles. The van der Waals surface area contributed by atoms with Gasteiger partial charge in [-0.1, -0.05) is 20.8 Å². The molecule has 6 nitrogen and oxygen atoms in total. The highest BCUT2D eigenvalue weighted by atomic mass is 16.8. The van der Waals surface area contributed by atoms with E-state index in [1.54, 1.807) is 6.92 Å². The third kappa shape index (κ3) is 5.43. The van der Waals surface area contributed by atoms with Crippen LogP contribution in [0.1, 0.15) is 34.1 Å². The van der Waals surface area contributed by atoms with E-state index in [0.717, 1.165) is 5.06 Å². The van der Waals surface area contributed by atoms with Crippen LogP contribution in [0.5, 0.6) is 0 Å². The molecule has 0 aliphatic rings. The number of hydroxylamine groups is 2. The Labute approximate surface area is 95.6 Å². The lowest BCUT2D eigenvalue weighted by atomic mass is 10.2. The summed E-state index contributed by atoms with van der Waals surface area (Å²) < 4.78 is 4.94. The van der Waals surface area contributed by atoms with Crippen LogP contribution in [0.3, 0.4) is 0 Å². The van der Waals surface area contributed by atoms with Gasteiger partial charge in [0.05, 0.1) is 12.6 Å². The molecule has 0 saturated heterocycles. The zero-order chi connectivity index (χ0) is 12.7. The number of rotatable bonds is 4. The summed E-state index contributed by atoms with van der Waals surface area (Å²) in [5.74, 6) is 0.219. The SMILES string of the molecule is CCC(C)N(OC(N)=O)C(=O)OCC(C)C. The molecule has 16 heavy (non-hydrogen) atoms. The fourth-order valence-corrected chi connectivity index (χ4v) is 0.872. The van der Waals surface area contributed by atoms with E-state index < -0.39 is 12.2 Å². The highest BCUT2D eigenvalue weighted by molar-refractivity contribution is 5.71. The minimum absolute atomic E-state index is 0.219. The summed E-state index contributed by atoms with van der Waals surface area (Å²) in [6, 6.07) is -0.271. The average molecular weight is 232 g/mol. The largest absolute Gasteiger partial charge is 0.447 e. The summed E-state index contributed by atoms with van der Waals surface area (Å²) in [7, 11) is 0. The Morgan fingerprint density at radius 2 is 1.88 bits per heavy atom. The molecule has 0 aromatic carbocycles. The normalized spacial score (nSPS) is 12.1. The number of nitrogens with two attached hydrogens (primary N) is 1. The van der Waals surface area contributed by atoms with Crippen molar-refractivity contribution in [3.63, 3.8) is 0 Å². The van der Waals surface area contributed by atoms with E-state index in [4.69, 9.17) is 10.5 Å². The van der Waals surface area contributed by atoms with Crippen LogP contribution in [0, 0.1) is 5.92 Å². The molecule has 1 unspecified atom stereocenters. The van der Waals surface area contributed by atoms with Gasteiger partial charge >= 0.3 is 12.2 Å². The minimum atomic E-state index is -1.03. The molecule has 0 rings (SSSR count). The molecule has 1 atom stereocenters. The Bertz CT molecular complexity index is 243. The van der Waals surface area contributed by atoms with Crippen molar-refractivity contribution >= 4 is 12.2 Å². The monoisotopic (exact) mass is 232 g/mol. The van der Waals surface area contributed by atoms with Gasteiger partial charge in [0, 0.05) is 0 Å². The van der Waals surface area contributed by atoms with E-state index >= 15 is 0 Å². The minimum Gasteiger partial charge on any atom is -0.447 e. The van der Waals surface area contributed by atoms with Crippen molar-refractivity contribution in [3.8, 4) is 0 Å². The van der Waals surface area contributed by atoms with Crippen LogP contribution in [0.4, 0.5) is 9.59 Å². The van der Waals surface area contributed by atoms with Gasteiger partial charge in [-0.3, -0.25) is 0 Å². The summed E-state index contributed by atoms with van der Waals surface area (Å²) in [4.78, 5) is 26.8. The van der Waals surface area contributed by atoms with E-state index in [0.29, 0.717) is 6.42 Å². The first-order chi connectivity index (χ1) is 7.38. The highest BCUT2D eigenvalue weighted by Crippen LogP contribution is 2.07. The fraction of sp³-hybridized carbons (Fsp3) is 0.800. The molecule has 0 bridgehead atoms. The van der Waals surface area contributed by atoms with Gasteiger partial charge in [-0.2, -0.15) is 0 Å². The summed E-state index contributed by atoms with van der Waals surface area (Å²) >= 11 is 0. The quantitative estimate of drug-likeness (QED) is 0.750. The molecule has 0 saturated carbocycles. The first kappa shape index (κ1) is 14.5. The molecule has 0 heterocycles. The van der Waals surface area contributed by atoms with E-state index in [-0.39, 0.29) is 18.6 Å². The Hall–Kier alpha value is -1.46. The van der Waals surface area contributed by atoms with Crippen molar-refractivity contribution in [2.45, 2.75) is 40.2 Å². The van der Waals surface area contributed by atoms with Gasteiger partial charge in [0.2, 0.25) is 0 Å². The fourth-order valence-electron chi connectivity index (χ4n) is 0.872. The second-order valence-corrected chi connectivity index (χ2v) is 3.96. The first-order valence-corrected chi connectivity index (χ1v) is 5.31. The van der Waals surface area contributed by atoms with Gasteiger partial charge in [-0.15, -0.1) is 5.06 Å². The lowest BCUT2D eigenvalue weighted by Gasteiger charge is -2.25. The van der Waals surface area contributed by atoms with Crippen LogP contribution in [0.2, 0.25) is 0 Å². The van der Waals surface area contributed by atoms with Crippen molar-refractivity contribution in [2.75, 3.05) is 6.61 Å². The number of amides is 2. The van der Waals surface area contributed by atoms with Crippen LogP contribution in [-0.2, 0) is 9.57 Å². The topological polar surface area (TPSA) is 81.9 Å². The summed E-state index contributed by atoms with van der Waals surface area (Å²) in [6.07, 6.45) is -1.09. The maximum Gasteiger partial charge on any atom is 0.443 e. The van der Waals surface area contributed by atoms with Gasteiger partial charge < -0.3 is 15.3 Å². The standard InChI is InChI=1S/C10H20N2O4/c1-5-8(4)12(16-9(11)13)10(14)15-6-7(2)3/h7-8H,5-6H2,1-4H3,(H2,11,13). The molecule has 0 radical (unpaired) electrons. The molecule has 0 aromatic heterocycles. The molecule has 94 valence electrons.